The van der Waals surface area contributed by atoms with E-state index in [0.717, 1.165) is 16.1 Å². The van der Waals surface area contributed by atoms with Gasteiger partial charge in [-0.2, -0.15) is 0 Å². The van der Waals surface area contributed by atoms with E-state index in [1.165, 1.54) is 29.2 Å². The molecule has 2 heterocycles. The molecule has 1 N–H and O–H groups in total. The summed E-state index contributed by atoms with van der Waals surface area (Å²) in [6.45, 7) is 4.09. The number of aromatic nitrogens is 1. The van der Waals surface area contributed by atoms with Crippen molar-refractivity contribution < 1.29 is 14.3 Å². The SMILES string of the molecule is Cc1ccc(C)c(-c2nc(-c3cc(C(=O)O)co3)cs2)c1. The molecule has 0 aliphatic heterocycles. The number of hydrogen-bond donors (Lipinski definition) is 1. The fourth-order valence-electron chi connectivity index (χ4n) is 2.06. The monoisotopic (exact) mass is 299 g/mol. The van der Waals surface area contributed by atoms with Crippen LogP contribution < -0.4 is 0 Å². The summed E-state index contributed by atoms with van der Waals surface area (Å²) in [5, 5.41) is 11.7. The minimum Gasteiger partial charge on any atom is -0.478 e. The molecule has 3 rings (SSSR count). The smallest absolute Gasteiger partial charge is 0.338 e. The zero-order chi connectivity index (χ0) is 15.0. The third-order valence-electron chi connectivity index (χ3n) is 3.23. The standard InChI is InChI=1S/C16H13NO3S/c1-9-3-4-10(2)12(5-9)15-17-13(8-21-15)14-6-11(7-20-14)16(18)19/h3-8H,1-2H3,(H,18,19). The Morgan fingerprint density at radius 3 is 2.81 bits per heavy atom. The maximum Gasteiger partial charge on any atom is 0.338 e. The molecule has 0 fully saturated rings. The van der Waals surface area contributed by atoms with E-state index in [-0.39, 0.29) is 5.56 Å². The number of nitrogens with zero attached hydrogens (tertiary/aromatic N) is 1. The summed E-state index contributed by atoms with van der Waals surface area (Å²) in [6.07, 6.45) is 1.23. The van der Waals surface area contributed by atoms with Crippen LogP contribution in [0.5, 0.6) is 0 Å². The average molecular weight is 299 g/mol. The van der Waals surface area contributed by atoms with Crippen LogP contribution in [0.1, 0.15) is 21.5 Å². The first-order valence-electron chi connectivity index (χ1n) is 6.40. The highest BCUT2D eigenvalue weighted by Crippen LogP contribution is 2.32. The van der Waals surface area contributed by atoms with Gasteiger partial charge in [-0.05, 0) is 25.5 Å². The van der Waals surface area contributed by atoms with E-state index in [4.69, 9.17) is 9.52 Å². The summed E-state index contributed by atoms with van der Waals surface area (Å²) in [7, 11) is 0. The number of aryl methyl sites for hydroxylation is 2. The molecule has 5 heteroatoms. The summed E-state index contributed by atoms with van der Waals surface area (Å²) in [6, 6.07) is 7.73. The molecular formula is C16H13NO3S. The number of rotatable bonds is 3. The van der Waals surface area contributed by atoms with Crippen LogP contribution >= 0.6 is 11.3 Å². The first kappa shape index (κ1) is 13.6. The molecule has 0 aliphatic rings. The van der Waals surface area contributed by atoms with Crippen molar-refractivity contribution >= 4 is 17.3 Å². The van der Waals surface area contributed by atoms with Crippen LogP contribution in [0, 0.1) is 13.8 Å². The van der Waals surface area contributed by atoms with E-state index >= 15 is 0 Å². The lowest BCUT2D eigenvalue weighted by Gasteiger charge is -2.03. The summed E-state index contributed by atoms with van der Waals surface area (Å²) in [5.41, 5.74) is 4.22. The highest BCUT2D eigenvalue weighted by molar-refractivity contribution is 7.13. The van der Waals surface area contributed by atoms with Crippen molar-refractivity contribution in [3.05, 3.63) is 52.6 Å². The van der Waals surface area contributed by atoms with Gasteiger partial charge < -0.3 is 9.52 Å². The molecule has 0 bridgehead atoms. The molecule has 0 atom stereocenters. The van der Waals surface area contributed by atoms with E-state index in [0.29, 0.717) is 11.5 Å². The molecule has 0 radical (unpaired) electrons. The Kier molecular flexibility index (Phi) is 3.35. The molecule has 0 spiro atoms. The van der Waals surface area contributed by atoms with Gasteiger partial charge in [0.15, 0.2) is 5.76 Å². The predicted molar refractivity (Wildman–Crippen MR) is 81.7 cm³/mol. The van der Waals surface area contributed by atoms with Crippen molar-refractivity contribution in [2.75, 3.05) is 0 Å². The first-order valence-corrected chi connectivity index (χ1v) is 7.28. The minimum absolute atomic E-state index is 0.131. The zero-order valence-electron chi connectivity index (χ0n) is 11.6. The molecular weight excluding hydrogens is 286 g/mol. The Morgan fingerprint density at radius 1 is 1.29 bits per heavy atom. The maximum atomic E-state index is 10.9. The van der Waals surface area contributed by atoms with Crippen LogP contribution in [-0.4, -0.2) is 16.1 Å². The van der Waals surface area contributed by atoms with E-state index < -0.39 is 5.97 Å². The van der Waals surface area contributed by atoms with Gasteiger partial charge in [0.25, 0.3) is 0 Å². The van der Waals surface area contributed by atoms with E-state index in [2.05, 4.69) is 23.2 Å². The molecule has 21 heavy (non-hydrogen) atoms. The van der Waals surface area contributed by atoms with Gasteiger partial charge in [-0.1, -0.05) is 17.7 Å². The predicted octanol–water partition coefficient (Wildman–Crippen LogP) is 4.39. The molecule has 0 saturated heterocycles. The highest BCUT2D eigenvalue weighted by Gasteiger charge is 2.14. The van der Waals surface area contributed by atoms with Crippen LogP contribution in [0.15, 0.2) is 40.3 Å². The number of aromatic carboxylic acids is 1. The zero-order valence-corrected chi connectivity index (χ0v) is 12.4. The number of carboxylic acids is 1. The van der Waals surface area contributed by atoms with Crippen molar-refractivity contribution in [3.8, 4) is 22.0 Å². The number of carboxylic acid groups (broad SMARTS) is 1. The van der Waals surface area contributed by atoms with Crippen molar-refractivity contribution in [2.24, 2.45) is 0 Å². The van der Waals surface area contributed by atoms with Crippen LogP contribution in [0.25, 0.3) is 22.0 Å². The average Bonchev–Trinajstić information content (AvgIpc) is 3.09. The van der Waals surface area contributed by atoms with Crippen LogP contribution in [0.4, 0.5) is 0 Å². The van der Waals surface area contributed by atoms with Crippen molar-refractivity contribution in [2.45, 2.75) is 13.8 Å². The molecule has 106 valence electrons. The van der Waals surface area contributed by atoms with Crippen molar-refractivity contribution in [1.29, 1.82) is 0 Å². The number of benzene rings is 1. The largest absolute Gasteiger partial charge is 0.478 e. The van der Waals surface area contributed by atoms with Gasteiger partial charge in [-0.25, -0.2) is 9.78 Å². The summed E-state index contributed by atoms with van der Waals surface area (Å²) < 4.78 is 5.28. The summed E-state index contributed by atoms with van der Waals surface area (Å²) in [5.74, 6) is -0.532. The lowest BCUT2D eigenvalue weighted by atomic mass is 10.1. The second-order valence-electron chi connectivity index (χ2n) is 4.86. The Bertz CT molecular complexity index is 817. The van der Waals surface area contributed by atoms with Gasteiger partial charge in [-0.3, -0.25) is 0 Å². The van der Waals surface area contributed by atoms with Gasteiger partial charge in [0.05, 0.1) is 5.56 Å². The Hall–Kier alpha value is -2.40. The second kappa shape index (κ2) is 5.18. The lowest BCUT2D eigenvalue weighted by molar-refractivity contribution is 0.0696. The number of furan rings is 1. The highest BCUT2D eigenvalue weighted by atomic mass is 32.1. The van der Waals surface area contributed by atoms with Crippen LogP contribution in [-0.2, 0) is 0 Å². The Balaban J connectivity index is 1.99. The van der Waals surface area contributed by atoms with Crippen LogP contribution in [0.2, 0.25) is 0 Å². The second-order valence-corrected chi connectivity index (χ2v) is 5.72. The van der Waals surface area contributed by atoms with Gasteiger partial charge in [0.1, 0.15) is 17.0 Å². The summed E-state index contributed by atoms with van der Waals surface area (Å²) in [4.78, 5) is 15.4. The molecule has 1 aromatic carbocycles. The number of hydrogen-bond acceptors (Lipinski definition) is 4. The van der Waals surface area contributed by atoms with Gasteiger partial charge >= 0.3 is 5.97 Å². The number of thiazole rings is 1. The van der Waals surface area contributed by atoms with E-state index in [9.17, 15) is 4.79 Å². The first-order chi connectivity index (χ1) is 10.0. The quantitative estimate of drug-likeness (QED) is 0.779. The molecule has 3 aromatic rings. The molecule has 0 saturated carbocycles. The topological polar surface area (TPSA) is 63.3 Å². The fourth-order valence-corrected chi connectivity index (χ4v) is 2.95. The molecule has 2 aromatic heterocycles. The van der Waals surface area contributed by atoms with E-state index in [1.807, 2.05) is 19.2 Å². The third-order valence-corrected chi connectivity index (χ3v) is 4.10. The van der Waals surface area contributed by atoms with Crippen molar-refractivity contribution in [3.63, 3.8) is 0 Å². The molecule has 0 unspecified atom stereocenters. The van der Waals surface area contributed by atoms with Crippen LogP contribution in [0.3, 0.4) is 0 Å². The normalized spacial score (nSPS) is 10.8. The van der Waals surface area contributed by atoms with Gasteiger partial charge in [0.2, 0.25) is 0 Å². The maximum absolute atomic E-state index is 10.9. The third kappa shape index (κ3) is 2.60. The number of carbonyl (C=O) groups is 1. The molecule has 4 nitrogen and oxygen atoms in total. The van der Waals surface area contributed by atoms with E-state index in [1.54, 1.807) is 0 Å². The van der Waals surface area contributed by atoms with Gasteiger partial charge in [-0.15, -0.1) is 11.3 Å². The fraction of sp³-hybridized carbons (Fsp3) is 0.125. The Morgan fingerprint density at radius 2 is 2.10 bits per heavy atom. The minimum atomic E-state index is -1.00. The lowest BCUT2D eigenvalue weighted by Crippen LogP contribution is -1.91. The van der Waals surface area contributed by atoms with Crippen molar-refractivity contribution in [1.82, 2.24) is 4.98 Å². The molecule has 0 amide bonds. The summed E-state index contributed by atoms with van der Waals surface area (Å²) >= 11 is 1.52. The van der Waals surface area contributed by atoms with Gasteiger partial charge in [0, 0.05) is 17.0 Å². The Labute approximate surface area is 125 Å². The molecule has 0 aliphatic carbocycles.